The van der Waals surface area contributed by atoms with E-state index >= 15 is 0 Å². The molecule has 1 aliphatic rings. The van der Waals surface area contributed by atoms with E-state index in [4.69, 9.17) is 9.57 Å². The van der Waals surface area contributed by atoms with Crippen molar-refractivity contribution in [2.45, 2.75) is 44.8 Å². The predicted octanol–water partition coefficient (Wildman–Crippen LogP) is 0.557. The molecule has 3 N–H and O–H groups in total. The molecule has 1 rings (SSSR count). The summed E-state index contributed by atoms with van der Waals surface area (Å²) in [6, 6.07) is 0. The van der Waals surface area contributed by atoms with Crippen LogP contribution in [0.25, 0.3) is 0 Å². The van der Waals surface area contributed by atoms with Gasteiger partial charge in [0.2, 0.25) is 0 Å². The monoisotopic (exact) mass is 246 g/mol. The standard InChI is InChI=1S/C11H22N2O4/c1-10(2,3)17-9(14)13-16-8-11(15)4-6-12-7-5-11/h12,15H,4-8H2,1-3H3,(H,13,14). The van der Waals surface area contributed by atoms with Crippen molar-refractivity contribution in [3.05, 3.63) is 0 Å². The van der Waals surface area contributed by atoms with Gasteiger partial charge in [0, 0.05) is 0 Å². The van der Waals surface area contributed by atoms with E-state index in [0.717, 1.165) is 13.1 Å². The Kier molecular flexibility index (Phi) is 4.73. The second-order valence-electron chi connectivity index (χ2n) is 5.37. The summed E-state index contributed by atoms with van der Waals surface area (Å²) in [7, 11) is 0. The van der Waals surface area contributed by atoms with Crippen molar-refractivity contribution < 1.29 is 19.5 Å². The lowest BCUT2D eigenvalue weighted by Crippen LogP contribution is -2.47. The van der Waals surface area contributed by atoms with E-state index in [1.54, 1.807) is 20.8 Å². The van der Waals surface area contributed by atoms with Gasteiger partial charge in [-0.15, -0.1) is 0 Å². The molecule has 100 valence electrons. The highest BCUT2D eigenvalue weighted by Crippen LogP contribution is 2.17. The largest absolute Gasteiger partial charge is 0.442 e. The first-order valence-electron chi connectivity index (χ1n) is 5.85. The van der Waals surface area contributed by atoms with Crippen LogP contribution in [0.1, 0.15) is 33.6 Å². The lowest BCUT2D eigenvalue weighted by Gasteiger charge is -2.31. The molecule has 1 heterocycles. The van der Waals surface area contributed by atoms with Gasteiger partial charge in [-0.05, 0) is 46.7 Å². The molecule has 0 atom stereocenters. The summed E-state index contributed by atoms with van der Waals surface area (Å²) in [6.07, 6.45) is 0.585. The quantitative estimate of drug-likeness (QED) is 0.634. The SMILES string of the molecule is CC(C)(C)OC(=O)NOCC1(O)CCNCC1. The van der Waals surface area contributed by atoms with E-state index in [1.165, 1.54) is 0 Å². The topological polar surface area (TPSA) is 79.8 Å². The second kappa shape index (κ2) is 5.66. The van der Waals surface area contributed by atoms with Gasteiger partial charge in [0.25, 0.3) is 0 Å². The Labute approximate surface area is 102 Å². The van der Waals surface area contributed by atoms with Gasteiger partial charge in [0.15, 0.2) is 0 Å². The van der Waals surface area contributed by atoms with Crippen LogP contribution < -0.4 is 10.8 Å². The lowest BCUT2D eigenvalue weighted by molar-refractivity contribution is -0.0939. The normalized spacial score (nSPS) is 19.8. The van der Waals surface area contributed by atoms with Crippen molar-refractivity contribution in [3.63, 3.8) is 0 Å². The Morgan fingerprint density at radius 1 is 1.41 bits per heavy atom. The molecule has 17 heavy (non-hydrogen) atoms. The van der Waals surface area contributed by atoms with Crippen molar-refractivity contribution in [1.82, 2.24) is 10.8 Å². The number of aliphatic hydroxyl groups is 1. The van der Waals surface area contributed by atoms with Crippen LogP contribution in [-0.4, -0.2) is 42.1 Å². The minimum Gasteiger partial charge on any atom is -0.442 e. The minimum atomic E-state index is -0.861. The number of hydroxylamine groups is 1. The van der Waals surface area contributed by atoms with Gasteiger partial charge in [-0.25, -0.2) is 4.79 Å². The maximum Gasteiger partial charge on any atom is 0.431 e. The van der Waals surface area contributed by atoms with Crippen LogP contribution in [0.15, 0.2) is 0 Å². The molecule has 1 fully saturated rings. The molecule has 1 saturated heterocycles. The molecular weight excluding hydrogens is 224 g/mol. The lowest BCUT2D eigenvalue weighted by atomic mass is 9.94. The maximum atomic E-state index is 11.3. The number of carbonyl (C=O) groups excluding carboxylic acids is 1. The number of nitrogens with one attached hydrogen (secondary N) is 2. The van der Waals surface area contributed by atoms with Crippen molar-refractivity contribution in [2.75, 3.05) is 19.7 Å². The van der Waals surface area contributed by atoms with Crippen LogP contribution in [-0.2, 0) is 9.57 Å². The van der Waals surface area contributed by atoms with Crippen molar-refractivity contribution in [3.8, 4) is 0 Å². The van der Waals surface area contributed by atoms with E-state index in [-0.39, 0.29) is 6.61 Å². The smallest absolute Gasteiger partial charge is 0.431 e. The van der Waals surface area contributed by atoms with Gasteiger partial charge in [0.1, 0.15) is 12.2 Å². The molecule has 0 spiro atoms. The summed E-state index contributed by atoms with van der Waals surface area (Å²) in [4.78, 5) is 16.2. The second-order valence-corrected chi connectivity index (χ2v) is 5.37. The number of piperidine rings is 1. The van der Waals surface area contributed by atoms with E-state index in [1.807, 2.05) is 0 Å². The fourth-order valence-electron chi connectivity index (χ4n) is 1.56. The van der Waals surface area contributed by atoms with Crippen LogP contribution in [0.3, 0.4) is 0 Å². The van der Waals surface area contributed by atoms with Gasteiger partial charge < -0.3 is 15.2 Å². The first kappa shape index (κ1) is 14.2. The summed E-state index contributed by atoms with van der Waals surface area (Å²) in [5, 5.41) is 13.2. The van der Waals surface area contributed by atoms with Gasteiger partial charge in [-0.3, -0.25) is 4.84 Å². The third-order valence-electron chi connectivity index (χ3n) is 2.43. The number of carbonyl (C=O) groups is 1. The summed E-state index contributed by atoms with van der Waals surface area (Å²) in [5.41, 5.74) is 0.753. The summed E-state index contributed by atoms with van der Waals surface area (Å²) in [6.45, 7) is 6.90. The summed E-state index contributed by atoms with van der Waals surface area (Å²) in [5.74, 6) is 0. The molecule has 0 aliphatic carbocycles. The minimum absolute atomic E-state index is 0.0773. The highest BCUT2D eigenvalue weighted by Gasteiger charge is 2.30. The molecule has 1 aliphatic heterocycles. The maximum absolute atomic E-state index is 11.3. The van der Waals surface area contributed by atoms with Crippen molar-refractivity contribution >= 4 is 6.09 Å². The van der Waals surface area contributed by atoms with Gasteiger partial charge in [0.05, 0.1) is 5.60 Å². The summed E-state index contributed by atoms with van der Waals surface area (Å²) < 4.78 is 4.99. The first-order chi connectivity index (χ1) is 7.81. The molecule has 0 aromatic heterocycles. The Bertz CT molecular complexity index is 257. The third-order valence-corrected chi connectivity index (χ3v) is 2.43. The van der Waals surface area contributed by atoms with Gasteiger partial charge >= 0.3 is 6.09 Å². The highest BCUT2D eigenvalue weighted by atomic mass is 16.7. The number of ether oxygens (including phenoxy) is 1. The Balaban J connectivity index is 2.20. The van der Waals surface area contributed by atoms with Crippen molar-refractivity contribution in [1.29, 1.82) is 0 Å². The van der Waals surface area contributed by atoms with E-state index in [2.05, 4.69) is 10.8 Å². The molecule has 0 radical (unpaired) electrons. The van der Waals surface area contributed by atoms with Crippen LogP contribution in [0.2, 0.25) is 0 Å². The van der Waals surface area contributed by atoms with Crippen molar-refractivity contribution in [2.24, 2.45) is 0 Å². The van der Waals surface area contributed by atoms with Gasteiger partial charge in [-0.2, -0.15) is 5.48 Å². The van der Waals surface area contributed by atoms with Crippen LogP contribution >= 0.6 is 0 Å². The summed E-state index contributed by atoms with van der Waals surface area (Å²) >= 11 is 0. The molecule has 0 aromatic rings. The van der Waals surface area contributed by atoms with Gasteiger partial charge in [-0.1, -0.05) is 0 Å². The zero-order valence-electron chi connectivity index (χ0n) is 10.7. The zero-order valence-corrected chi connectivity index (χ0v) is 10.7. The first-order valence-corrected chi connectivity index (χ1v) is 5.85. The molecule has 1 amide bonds. The predicted molar refractivity (Wildman–Crippen MR) is 62.4 cm³/mol. The zero-order chi connectivity index (χ0) is 12.9. The molecule has 6 heteroatoms. The number of amides is 1. The number of hydrogen-bond acceptors (Lipinski definition) is 5. The van der Waals surface area contributed by atoms with Crippen LogP contribution in [0, 0.1) is 0 Å². The molecule has 0 aromatic carbocycles. The fourth-order valence-corrected chi connectivity index (χ4v) is 1.56. The van der Waals surface area contributed by atoms with Crippen LogP contribution in [0.5, 0.6) is 0 Å². The highest BCUT2D eigenvalue weighted by molar-refractivity contribution is 5.66. The molecule has 0 unspecified atom stereocenters. The average Bonchev–Trinajstić information content (AvgIpc) is 2.15. The average molecular weight is 246 g/mol. The third kappa shape index (κ3) is 5.86. The number of rotatable bonds is 3. The Hall–Kier alpha value is -0.850. The number of hydrogen-bond donors (Lipinski definition) is 3. The van der Waals surface area contributed by atoms with E-state index < -0.39 is 17.3 Å². The fraction of sp³-hybridized carbons (Fsp3) is 0.909. The molecule has 0 saturated carbocycles. The van der Waals surface area contributed by atoms with E-state index in [0.29, 0.717) is 12.8 Å². The molecule has 6 nitrogen and oxygen atoms in total. The molecular formula is C11H22N2O4. The molecule has 0 bridgehead atoms. The Morgan fingerprint density at radius 2 is 2.00 bits per heavy atom. The Morgan fingerprint density at radius 3 is 2.53 bits per heavy atom. The van der Waals surface area contributed by atoms with Crippen LogP contribution in [0.4, 0.5) is 4.79 Å². The van der Waals surface area contributed by atoms with E-state index in [9.17, 15) is 9.90 Å².